The van der Waals surface area contributed by atoms with Crippen molar-refractivity contribution >= 4 is 8.41 Å². The van der Waals surface area contributed by atoms with Crippen LogP contribution >= 0.6 is 0 Å². The molecule has 0 fully saturated rings. The predicted octanol–water partition coefficient (Wildman–Crippen LogP) is 0.717. The van der Waals surface area contributed by atoms with E-state index in [4.69, 9.17) is 10.2 Å². The van der Waals surface area contributed by atoms with Gasteiger partial charge in [0.15, 0.2) is 0 Å². The smallest absolute Gasteiger partial charge is 0.119 e. The Morgan fingerprint density at radius 3 is 1.67 bits per heavy atom. The van der Waals surface area contributed by atoms with Gasteiger partial charge in [0.1, 0.15) is 11.5 Å². The van der Waals surface area contributed by atoms with E-state index in [1.807, 2.05) is 0 Å². The molecule has 2 N–H and O–H groups in total. The van der Waals surface area contributed by atoms with Gasteiger partial charge in [0.25, 0.3) is 0 Å². The molecule has 1 rings (SSSR count). The number of benzene rings is 1. The van der Waals surface area contributed by atoms with Crippen LogP contribution in [0.25, 0.3) is 0 Å². The standard InChI is InChI=1S/C6H6O2.B/c7-5-2-1-3-6(8)4-5;/h1-4,7-8H;. The monoisotopic (exact) mass is 121 g/mol. The average molecular weight is 121 g/mol. The van der Waals surface area contributed by atoms with E-state index < -0.39 is 0 Å². The summed E-state index contributed by atoms with van der Waals surface area (Å²) in [4.78, 5) is 0. The summed E-state index contributed by atoms with van der Waals surface area (Å²) in [5, 5.41) is 17.3. The maximum Gasteiger partial charge on any atom is 0.119 e. The Hall–Kier alpha value is -1.12. The van der Waals surface area contributed by atoms with Crippen molar-refractivity contribution in [3.8, 4) is 11.5 Å². The Morgan fingerprint density at radius 2 is 1.44 bits per heavy atom. The molecule has 0 heterocycles. The molecule has 3 radical (unpaired) electrons. The van der Waals surface area contributed by atoms with E-state index in [9.17, 15) is 0 Å². The highest BCUT2D eigenvalue weighted by atomic mass is 16.3. The molecule has 0 aliphatic rings. The van der Waals surface area contributed by atoms with E-state index in [1.54, 1.807) is 6.07 Å². The zero-order chi connectivity index (χ0) is 5.98. The summed E-state index contributed by atoms with van der Waals surface area (Å²) in [5.74, 6) is 0.176. The summed E-state index contributed by atoms with van der Waals surface area (Å²) in [6.45, 7) is 0. The van der Waals surface area contributed by atoms with Gasteiger partial charge in [0.05, 0.1) is 0 Å². The van der Waals surface area contributed by atoms with Gasteiger partial charge in [-0.05, 0) is 12.1 Å². The van der Waals surface area contributed by atoms with Crippen LogP contribution in [-0.2, 0) is 0 Å². The van der Waals surface area contributed by atoms with Gasteiger partial charge >= 0.3 is 0 Å². The molecule has 0 saturated heterocycles. The van der Waals surface area contributed by atoms with Crippen molar-refractivity contribution in [3.63, 3.8) is 0 Å². The van der Waals surface area contributed by atoms with Crippen LogP contribution in [0.15, 0.2) is 24.3 Å². The number of hydrogen-bond donors (Lipinski definition) is 2. The molecule has 0 aromatic heterocycles. The second kappa shape index (κ2) is 3.02. The Bertz CT molecular complexity index is 171. The van der Waals surface area contributed by atoms with Gasteiger partial charge in [0.2, 0.25) is 0 Å². The topological polar surface area (TPSA) is 40.5 Å². The molecular formula is C6H6BO2. The normalized spacial score (nSPS) is 8.00. The average Bonchev–Trinajstić information content (AvgIpc) is 1.64. The van der Waals surface area contributed by atoms with E-state index in [1.165, 1.54) is 18.2 Å². The number of aromatic hydroxyl groups is 2. The van der Waals surface area contributed by atoms with Gasteiger partial charge in [-0.3, -0.25) is 0 Å². The van der Waals surface area contributed by atoms with Crippen LogP contribution in [0.3, 0.4) is 0 Å². The fourth-order valence-electron chi connectivity index (χ4n) is 0.493. The lowest BCUT2D eigenvalue weighted by Crippen LogP contribution is -1.61. The molecule has 0 spiro atoms. The molecule has 1 aromatic rings. The molecule has 1 aromatic carbocycles. The van der Waals surface area contributed by atoms with Gasteiger partial charge in [-0.2, -0.15) is 0 Å². The minimum absolute atomic E-state index is 0. The van der Waals surface area contributed by atoms with Gasteiger partial charge in [-0.15, -0.1) is 0 Å². The fraction of sp³-hybridized carbons (Fsp3) is 0. The van der Waals surface area contributed by atoms with Gasteiger partial charge in [-0.25, -0.2) is 0 Å². The molecule has 0 unspecified atom stereocenters. The Kier molecular flexibility index (Phi) is 2.65. The van der Waals surface area contributed by atoms with Crippen molar-refractivity contribution in [1.82, 2.24) is 0 Å². The summed E-state index contributed by atoms with van der Waals surface area (Å²) >= 11 is 0. The van der Waals surface area contributed by atoms with E-state index in [0.29, 0.717) is 0 Å². The van der Waals surface area contributed by atoms with Crippen molar-refractivity contribution in [2.45, 2.75) is 0 Å². The van der Waals surface area contributed by atoms with Crippen LogP contribution in [0, 0.1) is 0 Å². The van der Waals surface area contributed by atoms with Crippen LogP contribution in [0.5, 0.6) is 11.5 Å². The van der Waals surface area contributed by atoms with E-state index in [-0.39, 0.29) is 19.9 Å². The third-order valence-corrected chi connectivity index (χ3v) is 0.830. The second-order valence-electron chi connectivity index (χ2n) is 1.52. The molecule has 3 heteroatoms. The van der Waals surface area contributed by atoms with Gasteiger partial charge in [0, 0.05) is 14.5 Å². The first kappa shape index (κ1) is 7.88. The minimum atomic E-state index is 0. The molecule has 0 bridgehead atoms. The van der Waals surface area contributed by atoms with Crippen molar-refractivity contribution in [2.75, 3.05) is 0 Å². The zero-order valence-corrected chi connectivity index (χ0v) is 4.78. The highest BCUT2D eigenvalue weighted by Gasteiger charge is 1.85. The molecule has 0 aliphatic heterocycles. The summed E-state index contributed by atoms with van der Waals surface area (Å²) in [7, 11) is 0. The van der Waals surface area contributed by atoms with Crippen LogP contribution in [0.2, 0.25) is 0 Å². The van der Waals surface area contributed by atoms with Crippen LogP contribution in [0.1, 0.15) is 0 Å². The van der Waals surface area contributed by atoms with Gasteiger partial charge < -0.3 is 10.2 Å². The highest BCUT2D eigenvalue weighted by molar-refractivity contribution is 5.75. The lowest BCUT2D eigenvalue weighted by atomic mass is 10.3. The first-order valence-corrected chi connectivity index (χ1v) is 2.27. The maximum atomic E-state index is 8.65. The zero-order valence-electron chi connectivity index (χ0n) is 4.78. The Labute approximate surface area is 55.3 Å². The first-order valence-electron chi connectivity index (χ1n) is 2.27. The number of phenolic OH excluding ortho intramolecular Hbond substituents is 2. The molecule has 2 nitrogen and oxygen atoms in total. The largest absolute Gasteiger partial charge is 0.508 e. The molecule has 9 heavy (non-hydrogen) atoms. The lowest BCUT2D eigenvalue weighted by Gasteiger charge is -1.89. The summed E-state index contributed by atoms with van der Waals surface area (Å²) < 4.78 is 0. The van der Waals surface area contributed by atoms with Crippen molar-refractivity contribution in [1.29, 1.82) is 0 Å². The lowest BCUT2D eigenvalue weighted by molar-refractivity contribution is 0.450. The Balaban J connectivity index is 0.000000640. The SMILES string of the molecule is Oc1cccc(O)c1.[B]. The van der Waals surface area contributed by atoms with E-state index in [2.05, 4.69) is 0 Å². The van der Waals surface area contributed by atoms with Crippen molar-refractivity contribution < 1.29 is 10.2 Å². The molecule has 0 saturated carbocycles. The molecule has 45 valence electrons. The van der Waals surface area contributed by atoms with Crippen LogP contribution in [0.4, 0.5) is 0 Å². The first-order chi connectivity index (χ1) is 3.79. The quantitative estimate of drug-likeness (QED) is 0.496. The predicted molar refractivity (Wildman–Crippen MR) is 35.5 cm³/mol. The summed E-state index contributed by atoms with van der Waals surface area (Å²) in [5.41, 5.74) is 0. The molecular weight excluding hydrogens is 115 g/mol. The third kappa shape index (κ3) is 2.08. The second-order valence-corrected chi connectivity index (χ2v) is 1.52. The number of hydrogen-bond acceptors (Lipinski definition) is 2. The third-order valence-electron chi connectivity index (χ3n) is 0.830. The summed E-state index contributed by atoms with van der Waals surface area (Å²) in [6, 6.07) is 5.85. The van der Waals surface area contributed by atoms with E-state index >= 15 is 0 Å². The molecule has 0 aliphatic carbocycles. The van der Waals surface area contributed by atoms with Crippen molar-refractivity contribution in [3.05, 3.63) is 24.3 Å². The maximum absolute atomic E-state index is 8.65. The Morgan fingerprint density at radius 1 is 1.00 bits per heavy atom. The summed E-state index contributed by atoms with van der Waals surface area (Å²) in [6.07, 6.45) is 0. The minimum Gasteiger partial charge on any atom is -0.508 e. The molecule has 0 atom stereocenters. The van der Waals surface area contributed by atoms with Crippen LogP contribution < -0.4 is 0 Å². The highest BCUT2D eigenvalue weighted by Crippen LogP contribution is 2.14. The number of phenols is 2. The van der Waals surface area contributed by atoms with Crippen molar-refractivity contribution in [2.24, 2.45) is 0 Å². The van der Waals surface area contributed by atoms with Crippen LogP contribution in [-0.4, -0.2) is 18.6 Å². The number of rotatable bonds is 0. The molecule has 0 amide bonds. The van der Waals surface area contributed by atoms with E-state index in [0.717, 1.165) is 0 Å². The van der Waals surface area contributed by atoms with Gasteiger partial charge in [-0.1, -0.05) is 6.07 Å². The fourth-order valence-corrected chi connectivity index (χ4v) is 0.493.